The number of carbonyl (C=O) groups is 1. The average molecular weight is 540 g/mol. The highest BCUT2D eigenvalue weighted by atomic mass is 19.4. The number of nitrogens with zero attached hydrogens (tertiary/aromatic N) is 6. The van der Waals surface area contributed by atoms with Crippen molar-refractivity contribution in [2.24, 2.45) is 23.8 Å². The summed E-state index contributed by atoms with van der Waals surface area (Å²) in [6, 6.07) is 3.46. The van der Waals surface area contributed by atoms with Crippen molar-refractivity contribution in [1.82, 2.24) is 34.5 Å². The summed E-state index contributed by atoms with van der Waals surface area (Å²) in [6.07, 6.45) is 4.17. The number of carbonyl (C=O) groups excluding carboxylic acids is 1. The van der Waals surface area contributed by atoms with Gasteiger partial charge in [0.05, 0.1) is 5.56 Å². The molecule has 5 heterocycles. The van der Waals surface area contributed by atoms with Crippen LogP contribution in [-0.4, -0.2) is 66.7 Å². The van der Waals surface area contributed by atoms with Gasteiger partial charge in [0.25, 0.3) is 0 Å². The highest BCUT2D eigenvalue weighted by Crippen LogP contribution is 2.57. The Kier molecular flexibility index (Phi) is 4.72. The zero-order chi connectivity index (χ0) is 26.7. The zero-order valence-electron chi connectivity index (χ0n) is 22.0. The molecule has 5 aliphatic rings. The number of fused-ring (bicyclic) bond motifs is 1. The highest BCUT2D eigenvalue weighted by Gasteiger charge is 2.58. The predicted octanol–water partition coefficient (Wildman–Crippen LogP) is 4.84. The van der Waals surface area contributed by atoms with Crippen molar-refractivity contribution in [1.29, 1.82) is 0 Å². The van der Waals surface area contributed by atoms with E-state index in [4.69, 9.17) is 4.98 Å². The van der Waals surface area contributed by atoms with Crippen LogP contribution in [0, 0.1) is 16.7 Å². The molecule has 2 aliphatic heterocycles. The second-order valence-electron chi connectivity index (χ2n) is 13.3. The van der Waals surface area contributed by atoms with Crippen LogP contribution in [0.15, 0.2) is 18.3 Å². The number of nitrogens with one attached hydrogen (secondary N) is 1. The number of alkyl halides is 3. The van der Waals surface area contributed by atoms with Gasteiger partial charge in [0, 0.05) is 73.2 Å². The standard InChI is InChI=1S/C28H32F3N7O/c1-36-11-21(28(29,30)31)20-5-4-19(32-24(20)36)6-16-7-26(8-16)12-37(13-26)25(39)38-14-27(15-38)9-18(10-27)23-33-22(34-35-23)17-2-3-17/h4-5,11,16-18H,2-3,6-10,12-15H2,1H3,(H,33,34,35). The summed E-state index contributed by atoms with van der Waals surface area (Å²) >= 11 is 0. The fourth-order valence-electron chi connectivity index (χ4n) is 7.93. The first-order valence-corrected chi connectivity index (χ1v) is 14.1. The third kappa shape index (κ3) is 3.78. The largest absolute Gasteiger partial charge is 0.418 e. The maximum absolute atomic E-state index is 13.3. The fraction of sp³-hybridized carbons (Fsp3) is 0.643. The second-order valence-corrected chi connectivity index (χ2v) is 13.3. The van der Waals surface area contributed by atoms with Crippen molar-refractivity contribution in [2.45, 2.75) is 63.0 Å². The lowest BCUT2D eigenvalue weighted by Gasteiger charge is -2.63. The Hall–Kier alpha value is -3.11. The van der Waals surface area contributed by atoms with Gasteiger partial charge in [-0.2, -0.15) is 18.3 Å². The SMILES string of the molecule is Cn1cc(C(F)(F)F)c2ccc(CC3CC4(C3)CN(C(=O)N3CC5(CC(c6n[nH]c(C7CC7)n6)C5)C3)C4)nc21. The zero-order valence-corrected chi connectivity index (χ0v) is 22.0. The van der Waals surface area contributed by atoms with Crippen LogP contribution < -0.4 is 0 Å². The van der Waals surface area contributed by atoms with Crippen LogP contribution in [0.3, 0.4) is 0 Å². The van der Waals surface area contributed by atoms with Gasteiger partial charge in [-0.15, -0.1) is 0 Å². The smallest absolute Gasteiger partial charge is 0.335 e. The molecule has 0 aromatic carbocycles. The molecule has 0 unspecified atom stereocenters. The Morgan fingerprint density at radius 3 is 2.31 bits per heavy atom. The molecule has 3 aromatic heterocycles. The molecule has 0 bridgehead atoms. The second kappa shape index (κ2) is 7.75. The first kappa shape index (κ1) is 23.7. The third-order valence-electron chi connectivity index (χ3n) is 9.98. The number of pyridine rings is 1. The van der Waals surface area contributed by atoms with Gasteiger partial charge in [-0.3, -0.25) is 5.10 Å². The first-order valence-electron chi connectivity index (χ1n) is 14.1. The van der Waals surface area contributed by atoms with E-state index in [9.17, 15) is 18.0 Å². The van der Waals surface area contributed by atoms with E-state index in [1.165, 1.54) is 17.4 Å². The van der Waals surface area contributed by atoms with Gasteiger partial charge in [-0.25, -0.2) is 14.8 Å². The van der Waals surface area contributed by atoms with Crippen molar-refractivity contribution in [3.8, 4) is 0 Å². The van der Waals surface area contributed by atoms with Gasteiger partial charge < -0.3 is 14.4 Å². The van der Waals surface area contributed by atoms with Crippen LogP contribution in [-0.2, 0) is 19.6 Å². The van der Waals surface area contributed by atoms with Crippen molar-refractivity contribution in [2.75, 3.05) is 26.2 Å². The van der Waals surface area contributed by atoms with Crippen LogP contribution in [0.25, 0.3) is 11.0 Å². The lowest BCUT2D eigenvalue weighted by molar-refractivity contribution is -0.136. The minimum Gasteiger partial charge on any atom is -0.335 e. The van der Waals surface area contributed by atoms with Crippen LogP contribution in [0.5, 0.6) is 0 Å². The minimum atomic E-state index is -4.38. The Morgan fingerprint density at radius 2 is 1.67 bits per heavy atom. The molecule has 3 aliphatic carbocycles. The lowest BCUT2D eigenvalue weighted by atomic mass is 9.56. The molecule has 2 spiro atoms. The normalized spacial score (nSPS) is 24.1. The monoisotopic (exact) mass is 539 g/mol. The van der Waals surface area contributed by atoms with Crippen molar-refractivity contribution in [3.05, 3.63) is 41.2 Å². The molecule has 2 saturated heterocycles. The topological polar surface area (TPSA) is 82.9 Å². The summed E-state index contributed by atoms with van der Waals surface area (Å²) in [5.74, 6) is 3.49. The molecular weight excluding hydrogens is 507 g/mol. The molecule has 0 atom stereocenters. The summed E-state index contributed by atoms with van der Waals surface area (Å²) in [5, 5.41) is 7.71. The number of rotatable bonds is 4. The van der Waals surface area contributed by atoms with Crippen molar-refractivity contribution >= 4 is 17.1 Å². The highest BCUT2D eigenvalue weighted by molar-refractivity contribution is 5.81. The third-order valence-corrected chi connectivity index (χ3v) is 9.98. The first-order chi connectivity index (χ1) is 18.6. The summed E-state index contributed by atoms with van der Waals surface area (Å²) < 4.78 is 41.3. The predicted molar refractivity (Wildman–Crippen MR) is 136 cm³/mol. The molecule has 11 heteroatoms. The van der Waals surface area contributed by atoms with E-state index in [1.807, 2.05) is 9.80 Å². The number of amides is 2. The molecule has 1 N–H and O–H groups in total. The molecule has 0 radical (unpaired) electrons. The van der Waals surface area contributed by atoms with Crippen molar-refractivity contribution < 1.29 is 18.0 Å². The number of urea groups is 1. The Morgan fingerprint density at radius 1 is 1.00 bits per heavy atom. The average Bonchev–Trinajstić information content (AvgIpc) is 3.42. The maximum Gasteiger partial charge on any atom is 0.418 e. The lowest BCUT2D eigenvalue weighted by Crippen LogP contribution is -2.71. The maximum atomic E-state index is 13.3. The summed E-state index contributed by atoms with van der Waals surface area (Å²) in [7, 11) is 1.61. The Balaban J connectivity index is 0.804. The number of aryl methyl sites for hydroxylation is 1. The molecule has 3 aromatic rings. The van der Waals surface area contributed by atoms with Crippen LogP contribution in [0.4, 0.5) is 18.0 Å². The van der Waals surface area contributed by atoms with Gasteiger partial charge in [-0.1, -0.05) is 0 Å². The number of hydrogen-bond acceptors (Lipinski definition) is 4. The molecule has 5 fully saturated rings. The number of aromatic amines is 1. The van der Waals surface area contributed by atoms with Gasteiger partial charge in [0.2, 0.25) is 0 Å². The van der Waals surface area contributed by atoms with Gasteiger partial charge in [0.1, 0.15) is 11.5 Å². The fourth-order valence-corrected chi connectivity index (χ4v) is 7.93. The van der Waals surface area contributed by atoms with E-state index >= 15 is 0 Å². The van der Waals surface area contributed by atoms with Crippen LogP contribution >= 0.6 is 0 Å². The summed E-state index contributed by atoms with van der Waals surface area (Å²) in [6.45, 7) is 3.32. The summed E-state index contributed by atoms with van der Waals surface area (Å²) in [5.41, 5.74) is 1.06. The van der Waals surface area contributed by atoms with E-state index in [-0.39, 0.29) is 22.2 Å². The van der Waals surface area contributed by atoms with Gasteiger partial charge in [0.15, 0.2) is 5.82 Å². The van der Waals surface area contributed by atoms with Crippen LogP contribution in [0.2, 0.25) is 0 Å². The number of hydrogen-bond donors (Lipinski definition) is 1. The summed E-state index contributed by atoms with van der Waals surface area (Å²) in [4.78, 5) is 26.3. The molecular formula is C28H32F3N7O. The minimum absolute atomic E-state index is 0.151. The van der Waals surface area contributed by atoms with E-state index in [1.54, 1.807) is 19.2 Å². The van der Waals surface area contributed by atoms with E-state index in [0.29, 0.717) is 23.4 Å². The Labute approximate surface area is 224 Å². The Bertz CT molecular complexity index is 1460. The van der Waals surface area contributed by atoms with Gasteiger partial charge in [-0.05, 0) is 63.0 Å². The van der Waals surface area contributed by atoms with E-state index in [0.717, 1.165) is 81.8 Å². The van der Waals surface area contributed by atoms with Gasteiger partial charge >= 0.3 is 12.2 Å². The number of aromatic nitrogens is 5. The molecule has 2 amide bonds. The van der Waals surface area contributed by atoms with E-state index < -0.39 is 11.7 Å². The van der Waals surface area contributed by atoms with Crippen LogP contribution in [0.1, 0.15) is 73.3 Å². The van der Waals surface area contributed by atoms with Crippen molar-refractivity contribution in [3.63, 3.8) is 0 Å². The molecule has 8 nitrogen and oxygen atoms in total. The quantitative estimate of drug-likeness (QED) is 0.514. The molecule has 206 valence electrons. The molecule has 39 heavy (non-hydrogen) atoms. The molecule has 8 rings (SSSR count). The van der Waals surface area contributed by atoms with E-state index in [2.05, 4.69) is 15.2 Å². The number of H-pyrrole nitrogens is 1. The number of halogens is 3. The number of likely N-dealkylation sites (tertiary alicyclic amines) is 2. The molecule has 3 saturated carbocycles.